The number of para-hydroxylation sites is 1. The van der Waals surface area contributed by atoms with E-state index in [0.29, 0.717) is 5.56 Å². The highest BCUT2D eigenvalue weighted by Gasteiger charge is 2.35. The Morgan fingerprint density at radius 3 is 2.29 bits per heavy atom. The maximum atomic E-state index is 12.6. The van der Waals surface area contributed by atoms with Crippen LogP contribution in [0.15, 0.2) is 24.3 Å². The summed E-state index contributed by atoms with van der Waals surface area (Å²) < 4.78 is 41.9. The van der Waals surface area contributed by atoms with Crippen LogP contribution in [0.1, 0.15) is 52.1 Å². The zero-order chi connectivity index (χ0) is 16.1. The molecule has 0 spiro atoms. The summed E-state index contributed by atoms with van der Waals surface area (Å²) in [4.78, 5) is 0. The van der Waals surface area contributed by atoms with Crippen molar-refractivity contribution < 1.29 is 17.9 Å². The number of alkyl halides is 3. The van der Waals surface area contributed by atoms with Gasteiger partial charge in [0, 0.05) is 11.6 Å². The molecule has 1 N–H and O–H groups in total. The van der Waals surface area contributed by atoms with Gasteiger partial charge in [0.05, 0.1) is 0 Å². The average Bonchev–Trinajstić information content (AvgIpc) is 2.39. The van der Waals surface area contributed by atoms with Crippen molar-refractivity contribution in [1.29, 1.82) is 0 Å². The van der Waals surface area contributed by atoms with Gasteiger partial charge in [-0.05, 0) is 30.9 Å². The topological polar surface area (TPSA) is 21.3 Å². The number of hydrogen-bond donors (Lipinski definition) is 1. The Balaban J connectivity index is 3.18. The summed E-state index contributed by atoms with van der Waals surface area (Å²) in [5.41, 5.74) is 0.371. The number of ether oxygens (including phenoxy) is 1. The Kier molecular flexibility index (Phi) is 6.08. The Morgan fingerprint density at radius 1 is 1.14 bits per heavy atom. The van der Waals surface area contributed by atoms with E-state index in [1.165, 1.54) is 6.07 Å². The Hall–Kier alpha value is -1.23. The fourth-order valence-corrected chi connectivity index (χ4v) is 2.24. The van der Waals surface area contributed by atoms with E-state index in [4.69, 9.17) is 0 Å². The van der Waals surface area contributed by atoms with E-state index in [1.807, 2.05) is 27.7 Å². The molecule has 21 heavy (non-hydrogen) atoms. The van der Waals surface area contributed by atoms with Gasteiger partial charge >= 0.3 is 6.36 Å². The van der Waals surface area contributed by atoms with Crippen molar-refractivity contribution in [2.24, 2.45) is 5.41 Å². The van der Waals surface area contributed by atoms with Crippen molar-refractivity contribution >= 4 is 0 Å². The van der Waals surface area contributed by atoms with Crippen LogP contribution in [0.5, 0.6) is 5.75 Å². The van der Waals surface area contributed by atoms with E-state index in [2.05, 4.69) is 10.1 Å². The minimum absolute atomic E-state index is 0.125. The van der Waals surface area contributed by atoms with Gasteiger partial charge in [-0.1, -0.05) is 45.9 Å². The van der Waals surface area contributed by atoms with Crippen molar-refractivity contribution in [3.63, 3.8) is 0 Å². The number of hydrogen-bond acceptors (Lipinski definition) is 2. The summed E-state index contributed by atoms with van der Waals surface area (Å²) in [6.45, 7) is 8.90. The summed E-state index contributed by atoms with van der Waals surface area (Å²) in [5, 5.41) is 3.36. The molecule has 0 fully saturated rings. The second kappa shape index (κ2) is 7.16. The molecule has 0 amide bonds. The monoisotopic (exact) mass is 303 g/mol. The quantitative estimate of drug-likeness (QED) is 0.760. The molecule has 1 unspecified atom stereocenters. The first-order valence-electron chi connectivity index (χ1n) is 7.29. The van der Waals surface area contributed by atoms with Crippen LogP contribution in [0.3, 0.4) is 0 Å². The van der Waals surface area contributed by atoms with E-state index >= 15 is 0 Å². The maximum absolute atomic E-state index is 12.6. The van der Waals surface area contributed by atoms with Gasteiger partial charge in [0.25, 0.3) is 0 Å². The second-order valence-electron chi connectivity index (χ2n) is 5.81. The van der Waals surface area contributed by atoms with Crippen LogP contribution >= 0.6 is 0 Å². The highest BCUT2D eigenvalue weighted by molar-refractivity contribution is 5.37. The van der Waals surface area contributed by atoms with E-state index in [1.54, 1.807) is 18.2 Å². The summed E-state index contributed by atoms with van der Waals surface area (Å²) in [6.07, 6.45) is -2.92. The molecule has 120 valence electrons. The molecule has 0 saturated carbocycles. The third kappa shape index (κ3) is 5.23. The summed E-state index contributed by atoms with van der Waals surface area (Å²) in [5.74, 6) is -0.125. The molecule has 0 aliphatic heterocycles. The van der Waals surface area contributed by atoms with Crippen LogP contribution in [-0.2, 0) is 0 Å². The number of halogens is 3. The number of benzene rings is 1. The third-order valence-corrected chi connectivity index (χ3v) is 3.75. The molecule has 0 aliphatic rings. The Morgan fingerprint density at radius 2 is 1.76 bits per heavy atom. The van der Waals surface area contributed by atoms with Gasteiger partial charge in [-0.25, -0.2) is 0 Å². The molecular weight excluding hydrogens is 279 g/mol. The molecular formula is C16H24F3NO. The van der Waals surface area contributed by atoms with Gasteiger partial charge in [0.15, 0.2) is 0 Å². The molecule has 5 heteroatoms. The van der Waals surface area contributed by atoms with Crippen molar-refractivity contribution in [1.82, 2.24) is 5.32 Å². The summed E-state index contributed by atoms with van der Waals surface area (Å²) in [7, 11) is 0. The van der Waals surface area contributed by atoms with Crippen molar-refractivity contribution in [2.45, 2.75) is 52.9 Å². The molecule has 0 radical (unpaired) electrons. The minimum Gasteiger partial charge on any atom is -0.405 e. The second-order valence-corrected chi connectivity index (χ2v) is 5.81. The first kappa shape index (κ1) is 17.8. The van der Waals surface area contributed by atoms with Gasteiger partial charge in [-0.15, -0.1) is 13.2 Å². The molecule has 1 rings (SSSR count). The van der Waals surface area contributed by atoms with E-state index in [9.17, 15) is 13.2 Å². The normalized spacial score (nSPS) is 14.0. The molecule has 1 aromatic rings. The van der Waals surface area contributed by atoms with Crippen LogP contribution in [0.4, 0.5) is 13.2 Å². The standard InChI is InChI=1S/C16H24F3NO/c1-5-11-20-14(15(3,4)6-2)12-9-7-8-10-13(12)21-16(17,18)19/h7-10,14,20H,5-6,11H2,1-4H3. The van der Waals surface area contributed by atoms with Crippen molar-refractivity contribution in [3.8, 4) is 5.75 Å². The van der Waals surface area contributed by atoms with Crippen LogP contribution in [-0.4, -0.2) is 12.9 Å². The van der Waals surface area contributed by atoms with E-state index in [0.717, 1.165) is 19.4 Å². The van der Waals surface area contributed by atoms with Crippen molar-refractivity contribution in [2.75, 3.05) is 6.54 Å². The molecule has 0 heterocycles. The van der Waals surface area contributed by atoms with E-state index in [-0.39, 0.29) is 17.2 Å². The van der Waals surface area contributed by atoms with Gasteiger partial charge < -0.3 is 10.1 Å². The lowest BCUT2D eigenvalue weighted by atomic mass is 9.78. The molecule has 0 bridgehead atoms. The fraction of sp³-hybridized carbons (Fsp3) is 0.625. The maximum Gasteiger partial charge on any atom is 0.573 e. The predicted molar refractivity (Wildman–Crippen MR) is 78.2 cm³/mol. The van der Waals surface area contributed by atoms with Crippen molar-refractivity contribution in [3.05, 3.63) is 29.8 Å². The smallest absolute Gasteiger partial charge is 0.405 e. The van der Waals surface area contributed by atoms with Gasteiger partial charge in [0.2, 0.25) is 0 Å². The van der Waals surface area contributed by atoms with Crippen LogP contribution in [0.2, 0.25) is 0 Å². The fourth-order valence-electron chi connectivity index (χ4n) is 2.24. The highest BCUT2D eigenvalue weighted by Crippen LogP contribution is 2.41. The van der Waals surface area contributed by atoms with Crippen LogP contribution in [0.25, 0.3) is 0 Å². The zero-order valence-corrected chi connectivity index (χ0v) is 13.1. The third-order valence-electron chi connectivity index (χ3n) is 3.75. The Bertz CT molecular complexity index is 443. The van der Waals surface area contributed by atoms with Crippen LogP contribution < -0.4 is 10.1 Å². The summed E-state index contributed by atoms with van der Waals surface area (Å²) >= 11 is 0. The zero-order valence-electron chi connectivity index (χ0n) is 13.1. The predicted octanol–water partition coefficient (Wildman–Crippen LogP) is 5.06. The molecule has 1 atom stereocenters. The lowest BCUT2D eigenvalue weighted by Crippen LogP contribution is -2.35. The number of rotatable bonds is 7. The van der Waals surface area contributed by atoms with Gasteiger partial charge in [-0.3, -0.25) is 0 Å². The molecule has 1 aromatic carbocycles. The summed E-state index contributed by atoms with van der Waals surface area (Å²) in [6, 6.07) is 6.17. The minimum atomic E-state index is -4.68. The lowest BCUT2D eigenvalue weighted by Gasteiger charge is -2.35. The molecule has 0 saturated heterocycles. The number of nitrogens with one attached hydrogen (secondary N) is 1. The molecule has 2 nitrogen and oxygen atoms in total. The van der Waals surface area contributed by atoms with Crippen LogP contribution in [0, 0.1) is 5.41 Å². The first-order valence-corrected chi connectivity index (χ1v) is 7.29. The van der Waals surface area contributed by atoms with Gasteiger partial charge in [0.1, 0.15) is 5.75 Å². The van der Waals surface area contributed by atoms with Gasteiger partial charge in [-0.2, -0.15) is 0 Å². The largest absolute Gasteiger partial charge is 0.573 e. The first-order chi connectivity index (χ1) is 9.71. The Labute approximate surface area is 124 Å². The van der Waals surface area contributed by atoms with E-state index < -0.39 is 6.36 Å². The average molecular weight is 303 g/mol. The molecule has 0 aliphatic carbocycles. The highest BCUT2D eigenvalue weighted by atomic mass is 19.4. The SMILES string of the molecule is CCCNC(c1ccccc1OC(F)(F)F)C(C)(C)CC. The molecule has 0 aromatic heterocycles. The lowest BCUT2D eigenvalue weighted by molar-refractivity contribution is -0.275.